The number of piperidine rings is 1. The van der Waals surface area contributed by atoms with Crippen LogP contribution < -0.4 is 9.47 Å². The fourth-order valence-corrected chi connectivity index (χ4v) is 5.14. The van der Waals surface area contributed by atoms with Gasteiger partial charge in [-0.2, -0.15) is 0 Å². The Labute approximate surface area is 207 Å². The molecule has 2 heterocycles. The zero-order valence-corrected chi connectivity index (χ0v) is 21.2. The summed E-state index contributed by atoms with van der Waals surface area (Å²) in [6, 6.07) is 9.28. The van der Waals surface area contributed by atoms with Crippen LogP contribution in [0.1, 0.15) is 83.7 Å². The molecule has 1 spiro atoms. The number of fused-ring (bicyclic) bond motifs is 1. The Morgan fingerprint density at radius 1 is 1.12 bits per heavy atom. The molecule has 6 heteroatoms. The third-order valence-corrected chi connectivity index (χ3v) is 7.64. The molecule has 0 aromatic heterocycles. The molecule has 2 aliphatic rings. The lowest BCUT2D eigenvalue weighted by Gasteiger charge is -2.44. The average molecular weight is 484 g/mol. The summed E-state index contributed by atoms with van der Waals surface area (Å²) in [7, 11) is 0. The SMILES string of the molecule is CCCCCCOc1ccc(C(=O)N2CCC3(CC2)CC(=O)c2c(cc(C)c(Cl)c2C)O3)cc1. The second kappa shape index (κ2) is 10.4. The second-order valence-electron chi connectivity index (χ2n) is 9.62. The Balaban J connectivity index is 1.36. The van der Waals surface area contributed by atoms with Crippen LogP contribution in [-0.2, 0) is 0 Å². The zero-order chi connectivity index (χ0) is 24.3. The molecule has 2 aromatic rings. The van der Waals surface area contributed by atoms with Gasteiger partial charge < -0.3 is 14.4 Å². The monoisotopic (exact) mass is 483 g/mol. The molecule has 0 aliphatic carbocycles. The lowest BCUT2D eigenvalue weighted by atomic mass is 9.81. The molecular formula is C28H34ClNO4. The first-order valence-electron chi connectivity index (χ1n) is 12.4. The summed E-state index contributed by atoms with van der Waals surface area (Å²) in [4.78, 5) is 27.9. The summed E-state index contributed by atoms with van der Waals surface area (Å²) in [6.45, 7) is 7.81. The van der Waals surface area contributed by atoms with E-state index in [1.807, 2.05) is 49.1 Å². The van der Waals surface area contributed by atoms with E-state index < -0.39 is 5.60 Å². The van der Waals surface area contributed by atoms with Gasteiger partial charge >= 0.3 is 0 Å². The summed E-state index contributed by atoms with van der Waals surface area (Å²) in [5.41, 5.74) is 2.40. The van der Waals surface area contributed by atoms with Gasteiger partial charge in [0.15, 0.2) is 5.78 Å². The standard InChI is InChI=1S/C28H34ClNO4/c1-4-5-6-7-16-33-22-10-8-21(9-11-22)27(32)30-14-12-28(13-15-30)18-23(31)25-20(3)26(29)19(2)17-24(25)34-28/h8-11,17H,4-7,12-16,18H2,1-3H3. The number of ketones is 1. The number of ether oxygens (including phenoxy) is 2. The van der Waals surface area contributed by atoms with Crippen molar-refractivity contribution in [2.75, 3.05) is 19.7 Å². The minimum atomic E-state index is -0.553. The number of Topliss-reactive ketones (excluding diaryl/α,β-unsaturated/α-hetero) is 1. The van der Waals surface area contributed by atoms with Crippen LogP contribution in [0.3, 0.4) is 0 Å². The van der Waals surface area contributed by atoms with Crippen molar-refractivity contribution < 1.29 is 19.1 Å². The smallest absolute Gasteiger partial charge is 0.253 e. The molecule has 2 aromatic carbocycles. The average Bonchev–Trinajstić information content (AvgIpc) is 2.82. The number of unbranched alkanes of at least 4 members (excludes halogenated alkanes) is 3. The van der Waals surface area contributed by atoms with E-state index in [1.165, 1.54) is 19.3 Å². The van der Waals surface area contributed by atoms with Crippen LogP contribution >= 0.6 is 11.6 Å². The number of benzene rings is 2. The highest BCUT2D eigenvalue weighted by molar-refractivity contribution is 6.32. The van der Waals surface area contributed by atoms with Crippen LogP contribution in [-0.4, -0.2) is 41.9 Å². The number of halogens is 1. The van der Waals surface area contributed by atoms with Gasteiger partial charge in [-0.1, -0.05) is 37.8 Å². The number of amides is 1. The maximum Gasteiger partial charge on any atom is 0.253 e. The molecular weight excluding hydrogens is 450 g/mol. The van der Waals surface area contributed by atoms with Gasteiger partial charge in [-0.05, 0) is 61.7 Å². The summed E-state index contributed by atoms with van der Waals surface area (Å²) >= 11 is 6.36. The van der Waals surface area contributed by atoms with E-state index in [1.54, 1.807) is 0 Å². The van der Waals surface area contributed by atoms with Gasteiger partial charge in [-0.25, -0.2) is 0 Å². The van der Waals surface area contributed by atoms with Crippen molar-refractivity contribution in [3.63, 3.8) is 0 Å². The molecule has 1 fully saturated rings. The van der Waals surface area contributed by atoms with E-state index in [-0.39, 0.29) is 11.7 Å². The molecule has 0 unspecified atom stereocenters. The first-order valence-corrected chi connectivity index (χ1v) is 12.8. The maximum atomic E-state index is 13.1. The molecule has 0 N–H and O–H groups in total. The van der Waals surface area contributed by atoms with E-state index in [4.69, 9.17) is 21.1 Å². The molecule has 4 rings (SSSR count). The number of aryl methyl sites for hydroxylation is 1. The highest BCUT2D eigenvalue weighted by atomic mass is 35.5. The van der Waals surface area contributed by atoms with E-state index in [0.29, 0.717) is 60.9 Å². The highest BCUT2D eigenvalue weighted by Gasteiger charge is 2.44. The Bertz CT molecular complexity index is 1060. The molecule has 5 nitrogen and oxygen atoms in total. The van der Waals surface area contributed by atoms with Crippen molar-refractivity contribution in [1.82, 2.24) is 4.90 Å². The number of carbonyl (C=O) groups is 2. The predicted molar refractivity (Wildman–Crippen MR) is 134 cm³/mol. The second-order valence-corrected chi connectivity index (χ2v) is 9.99. The number of hydrogen-bond donors (Lipinski definition) is 0. The van der Waals surface area contributed by atoms with Crippen LogP contribution in [0.4, 0.5) is 0 Å². The molecule has 34 heavy (non-hydrogen) atoms. The van der Waals surface area contributed by atoms with Crippen molar-refractivity contribution in [2.45, 2.75) is 71.3 Å². The molecule has 0 saturated carbocycles. The van der Waals surface area contributed by atoms with Crippen LogP contribution in [0.5, 0.6) is 11.5 Å². The topological polar surface area (TPSA) is 55.8 Å². The van der Waals surface area contributed by atoms with Crippen LogP contribution in [0.15, 0.2) is 30.3 Å². The van der Waals surface area contributed by atoms with Crippen molar-refractivity contribution in [1.29, 1.82) is 0 Å². The van der Waals surface area contributed by atoms with Gasteiger partial charge in [0.2, 0.25) is 0 Å². The first-order chi connectivity index (χ1) is 16.3. The van der Waals surface area contributed by atoms with E-state index in [2.05, 4.69) is 6.92 Å². The van der Waals surface area contributed by atoms with E-state index >= 15 is 0 Å². The van der Waals surface area contributed by atoms with Gasteiger partial charge in [-0.3, -0.25) is 9.59 Å². The first kappa shape index (κ1) is 24.6. The Kier molecular flexibility index (Phi) is 7.51. The molecule has 0 radical (unpaired) electrons. The fourth-order valence-electron chi connectivity index (χ4n) is 4.99. The number of carbonyl (C=O) groups excluding carboxylic acids is 2. The van der Waals surface area contributed by atoms with E-state index in [0.717, 1.165) is 23.3 Å². The lowest BCUT2D eigenvalue weighted by Crippen LogP contribution is -2.52. The van der Waals surface area contributed by atoms with Gasteiger partial charge in [-0.15, -0.1) is 0 Å². The lowest BCUT2D eigenvalue weighted by molar-refractivity contribution is -0.00580. The van der Waals surface area contributed by atoms with Gasteiger partial charge in [0.25, 0.3) is 5.91 Å². The van der Waals surface area contributed by atoms with Crippen molar-refractivity contribution in [3.8, 4) is 11.5 Å². The van der Waals surface area contributed by atoms with Crippen LogP contribution in [0.25, 0.3) is 0 Å². The maximum absolute atomic E-state index is 13.1. The zero-order valence-electron chi connectivity index (χ0n) is 20.4. The Hall–Kier alpha value is -2.53. The third kappa shape index (κ3) is 5.10. The summed E-state index contributed by atoms with van der Waals surface area (Å²) in [6.07, 6.45) is 6.24. The number of nitrogens with zero attached hydrogens (tertiary/aromatic N) is 1. The number of rotatable bonds is 7. The van der Waals surface area contributed by atoms with Crippen molar-refractivity contribution in [3.05, 3.63) is 57.6 Å². The summed E-state index contributed by atoms with van der Waals surface area (Å²) in [5.74, 6) is 1.50. The Morgan fingerprint density at radius 2 is 1.82 bits per heavy atom. The number of likely N-dealkylation sites (tertiary alicyclic amines) is 1. The van der Waals surface area contributed by atoms with Gasteiger partial charge in [0.1, 0.15) is 17.1 Å². The fraction of sp³-hybridized carbons (Fsp3) is 0.500. The van der Waals surface area contributed by atoms with Gasteiger partial charge in [0.05, 0.1) is 18.6 Å². The largest absolute Gasteiger partial charge is 0.494 e. The van der Waals surface area contributed by atoms with Crippen LogP contribution in [0.2, 0.25) is 5.02 Å². The Morgan fingerprint density at radius 3 is 2.50 bits per heavy atom. The van der Waals surface area contributed by atoms with Crippen molar-refractivity contribution in [2.24, 2.45) is 0 Å². The highest BCUT2D eigenvalue weighted by Crippen LogP contribution is 2.43. The molecule has 0 atom stereocenters. The molecule has 182 valence electrons. The minimum absolute atomic E-state index is 0.00496. The number of hydrogen-bond acceptors (Lipinski definition) is 4. The quantitative estimate of drug-likeness (QED) is 0.418. The molecule has 1 saturated heterocycles. The normalized spacial score (nSPS) is 16.8. The minimum Gasteiger partial charge on any atom is -0.494 e. The molecule has 0 bridgehead atoms. The predicted octanol–water partition coefficient (Wildman–Crippen LogP) is 6.56. The molecule has 1 amide bonds. The summed E-state index contributed by atoms with van der Waals surface area (Å²) < 4.78 is 12.2. The van der Waals surface area contributed by atoms with E-state index in [9.17, 15) is 9.59 Å². The molecule has 2 aliphatic heterocycles. The third-order valence-electron chi connectivity index (χ3n) is 7.06. The van der Waals surface area contributed by atoms with Gasteiger partial charge in [0, 0.05) is 36.5 Å². The summed E-state index contributed by atoms with van der Waals surface area (Å²) in [5, 5.41) is 0.625. The van der Waals surface area contributed by atoms with Crippen LogP contribution in [0, 0.1) is 13.8 Å². The van der Waals surface area contributed by atoms with Crippen molar-refractivity contribution >= 4 is 23.3 Å².